The molecular weight excluding hydrogens is 262 g/mol. The van der Waals surface area contributed by atoms with Crippen LogP contribution in [0, 0.1) is 18.6 Å². The number of amides is 1. The van der Waals surface area contributed by atoms with Crippen LogP contribution >= 0.6 is 0 Å². The van der Waals surface area contributed by atoms with Gasteiger partial charge in [-0.15, -0.1) is 0 Å². The third-order valence-electron chi connectivity index (χ3n) is 2.79. The van der Waals surface area contributed by atoms with Crippen molar-refractivity contribution in [2.24, 2.45) is 0 Å². The fourth-order valence-electron chi connectivity index (χ4n) is 1.72. The van der Waals surface area contributed by atoms with Gasteiger partial charge in [0.1, 0.15) is 11.6 Å². The number of carbonyl (C=O) groups excluding carboxylic acids is 1. The summed E-state index contributed by atoms with van der Waals surface area (Å²) in [6.07, 6.45) is 0. The second-order valence-corrected chi connectivity index (χ2v) is 4.34. The lowest BCUT2D eigenvalue weighted by Crippen LogP contribution is -2.22. The summed E-state index contributed by atoms with van der Waals surface area (Å²) < 4.78 is 26.4. The van der Waals surface area contributed by atoms with Crippen molar-refractivity contribution in [3.8, 4) is 0 Å². The van der Waals surface area contributed by atoms with Gasteiger partial charge in [-0.2, -0.15) is 0 Å². The number of benzene rings is 2. The molecule has 3 nitrogen and oxygen atoms in total. The minimum atomic E-state index is -0.497. The normalized spacial score (nSPS) is 10.2. The molecule has 20 heavy (non-hydrogen) atoms. The van der Waals surface area contributed by atoms with Gasteiger partial charge in [0.25, 0.3) is 0 Å². The van der Waals surface area contributed by atoms with E-state index in [2.05, 4.69) is 10.6 Å². The Hall–Kier alpha value is -2.43. The van der Waals surface area contributed by atoms with Crippen molar-refractivity contribution in [1.82, 2.24) is 0 Å². The molecule has 104 valence electrons. The van der Waals surface area contributed by atoms with Gasteiger partial charge >= 0.3 is 0 Å². The Morgan fingerprint density at radius 2 is 1.85 bits per heavy atom. The minimum absolute atomic E-state index is 0.0708. The standard InChI is InChI=1S/C15H14F2N2O/c1-10-6-7-11(16)8-14(10)18-9-15(20)19-13-5-3-2-4-12(13)17/h2-8,18H,9H2,1H3,(H,19,20). The summed E-state index contributed by atoms with van der Waals surface area (Å²) in [4.78, 5) is 11.7. The highest BCUT2D eigenvalue weighted by Crippen LogP contribution is 2.16. The van der Waals surface area contributed by atoms with Gasteiger partial charge in [-0.3, -0.25) is 4.79 Å². The van der Waals surface area contributed by atoms with Crippen LogP contribution in [0.2, 0.25) is 0 Å². The molecule has 2 aromatic carbocycles. The van der Waals surface area contributed by atoms with E-state index < -0.39 is 11.7 Å². The second kappa shape index (κ2) is 6.14. The van der Waals surface area contributed by atoms with E-state index in [4.69, 9.17) is 0 Å². The molecule has 0 aliphatic heterocycles. The Kier molecular flexibility index (Phi) is 4.30. The van der Waals surface area contributed by atoms with Gasteiger partial charge in [0, 0.05) is 5.69 Å². The van der Waals surface area contributed by atoms with E-state index in [0.717, 1.165) is 5.56 Å². The SMILES string of the molecule is Cc1ccc(F)cc1NCC(=O)Nc1ccccc1F. The summed E-state index contributed by atoms with van der Waals surface area (Å²) in [6, 6.07) is 10.2. The molecule has 0 saturated heterocycles. The first-order valence-corrected chi connectivity index (χ1v) is 6.10. The average molecular weight is 276 g/mol. The summed E-state index contributed by atoms with van der Waals surface area (Å²) in [5.41, 5.74) is 1.48. The number of nitrogens with one attached hydrogen (secondary N) is 2. The molecule has 1 amide bonds. The first kappa shape index (κ1) is 14.0. The van der Waals surface area contributed by atoms with Crippen LogP contribution in [0.1, 0.15) is 5.56 Å². The Morgan fingerprint density at radius 3 is 2.60 bits per heavy atom. The van der Waals surface area contributed by atoms with Crippen LogP contribution in [0.3, 0.4) is 0 Å². The number of carbonyl (C=O) groups is 1. The lowest BCUT2D eigenvalue weighted by Gasteiger charge is -2.10. The van der Waals surface area contributed by atoms with Crippen molar-refractivity contribution in [2.75, 3.05) is 17.2 Å². The maximum Gasteiger partial charge on any atom is 0.243 e. The predicted molar refractivity (Wildman–Crippen MR) is 74.7 cm³/mol. The number of rotatable bonds is 4. The number of hydrogen-bond acceptors (Lipinski definition) is 2. The molecule has 0 aliphatic carbocycles. The zero-order valence-electron chi connectivity index (χ0n) is 10.9. The number of para-hydroxylation sites is 1. The van der Waals surface area contributed by atoms with Crippen molar-refractivity contribution < 1.29 is 13.6 Å². The molecule has 2 aromatic rings. The molecule has 5 heteroatoms. The van der Waals surface area contributed by atoms with E-state index >= 15 is 0 Å². The molecule has 0 aliphatic rings. The molecule has 0 bridgehead atoms. The molecule has 0 heterocycles. The zero-order chi connectivity index (χ0) is 14.5. The maximum atomic E-state index is 13.3. The van der Waals surface area contributed by atoms with E-state index in [-0.39, 0.29) is 18.0 Å². The largest absolute Gasteiger partial charge is 0.376 e. The van der Waals surface area contributed by atoms with Crippen LogP contribution in [-0.2, 0) is 4.79 Å². The summed E-state index contributed by atoms with van der Waals surface area (Å²) >= 11 is 0. The number of aryl methyl sites for hydroxylation is 1. The zero-order valence-corrected chi connectivity index (χ0v) is 10.9. The van der Waals surface area contributed by atoms with Crippen molar-refractivity contribution in [1.29, 1.82) is 0 Å². The average Bonchev–Trinajstić information content (AvgIpc) is 2.42. The van der Waals surface area contributed by atoms with E-state index in [9.17, 15) is 13.6 Å². The van der Waals surface area contributed by atoms with Crippen LogP contribution in [0.15, 0.2) is 42.5 Å². The van der Waals surface area contributed by atoms with Crippen LogP contribution in [0.25, 0.3) is 0 Å². The molecule has 0 atom stereocenters. The summed E-state index contributed by atoms with van der Waals surface area (Å²) in [5, 5.41) is 5.26. The third-order valence-corrected chi connectivity index (χ3v) is 2.79. The van der Waals surface area contributed by atoms with Gasteiger partial charge in [-0.1, -0.05) is 18.2 Å². The van der Waals surface area contributed by atoms with Crippen LogP contribution in [-0.4, -0.2) is 12.5 Å². The highest BCUT2D eigenvalue weighted by atomic mass is 19.1. The van der Waals surface area contributed by atoms with Crippen molar-refractivity contribution in [2.45, 2.75) is 6.92 Å². The van der Waals surface area contributed by atoms with Crippen molar-refractivity contribution in [3.63, 3.8) is 0 Å². The monoisotopic (exact) mass is 276 g/mol. The molecule has 0 fully saturated rings. The van der Waals surface area contributed by atoms with Gasteiger partial charge < -0.3 is 10.6 Å². The molecule has 0 saturated carbocycles. The van der Waals surface area contributed by atoms with Crippen molar-refractivity contribution in [3.05, 3.63) is 59.7 Å². The molecule has 0 spiro atoms. The van der Waals surface area contributed by atoms with Gasteiger partial charge in [0.2, 0.25) is 5.91 Å². The Balaban J connectivity index is 1.96. The topological polar surface area (TPSA) is 41.1 Å². The van der Waals surface area contributed by atoms with E-state index in [1.807, 2.05) is 0 Å². The van der Waals surface area contributed by atoms with Gasteiger partial charge in [-0.25, -0.2) is 8.78 Å². The lowest BCUT2D eigenvalue weighted by atomic mass is 10.2. The van der Waals surface area contributed by atoms with Gasteiger partial charge in [-0.05, 0) is 36.8 Å². The number of halogens is 2. The Bertz CT molecular complexity index is 629. The van der Waals surface area contributed by atoms with Crippen LogP contribution < -0.4 is 10.6 Å². The molecule has 2 N–H and O–H groups in total. The summed E-state index contributed by atoms with van der Waals surface area (Å²) in [7, 11) is 0. The fourth-order valence-corrected chi connectivity index (χ4v) is 1.72. The van der Waals surface area contributed by atoms with Crippen molar-refractivity contribution >= 4 is 17.3 Å². The molecule has 2 rings (SSSR count). The van der Waals surface area contributed by atoms with Crippen LogP contribution in [0.5, 0.6) is 0 Å². The maximum absolute atomic E-state index is 13.3. The fraction of sp³-hybridized carbons (Fsp3) is 0.133. The minimum Gasteiger partial charge on any atom is -0.376 e. The highest BCUT2D eigenvalue weighted by Gasteiger charge is 2.07. The van der Waals surface area contributed by atoms with Crippen LogP contribution in [0.4, 0.5) is 20.2 Å². The Labute approximate surface area is 115 Å². The molecule has 0 unspecified atom stereocenters. The third kappa shape index (κ3) is 3.54. The lowest BCUT2D eigenvalue weighted by molar-refractivity contribution is -0.114. The highest BCUT2D eigenvalue weighted by molar-refractivity contribution is 5.93. The quantitative estimate of drug-likeness (QED) is 0.899. The van der Waals surface area contributed by atoms with E-state index in [0.29, 0.717) is 5.69 Å². The first-order valence-electron chi connectivity index (χ1n) is 6.10. The molecule has 0 aromatic heterocycles. The second-order valence-electron chi connectivity index (χ2n) is 4.34. The number of anilines is 2. The Morgan fingerprint density at radius 1 is 1.10 bits per heavy atom. The van der Waals surface area contributed by atoms with Gasteiger partial charge in [0.05, 0.1) is 12.2 Å². The molecular formula is C15H14F2N2O. The smallest absolute Gasteiger partial charge is 0.243 e. The van der Waals surface area contributed by atoms with Gasteiger partial charge in [0.15, 0.2) is 0 Å². The predicted octanol–water partition coefficient (Wildman–Crippen LogP) is 3.32. The first-order chi connectivity index (χ1) is 9.56. The number of hydrogen-bond donors (Lipinski definition) is 2. The van der Waals surface area contributed by atoms with E-state index in [1.165, 1.54) is 24.3 Å². The summed E-state index contributed by atoms with van der Waals surface area (Å²) in [6.45, 7) is 1.73. The van der Waals surface area contributed by atoms with E-state index in [1.54, 1.807) is 25.1 Å². The molecule has 0 radical (unpaired) electrons. The summed E-state index contributed by atoms with van der Waals surface area (Å²) in [5.74, 6) is -1.28.